The molecule has 0 fully saturated rings. The molecular formula is C17H11Cl2F3N2O. The fraction of sp³-hybridized carbons (Fsp3) is 0.176. The maximum Gasteiger partial charge on any atom is 0.417 e. The molecule has 0 spiro atoms. The number of aryl methyl sites for hydroxylation is 1. The molecule has 8 heteroatoms. The standard InChI is InChI=1S/C17H11Cl2F3N2O/c1-9-2-3-10-5-11(15(19)23-14(10)4-9)7-24-8-12(17(20,21)22)6-13(18)16(24)25/h2-6,8H,7H2,1H3. The minimum Gasteiger partial charge on any atom is -0.309 e. The van der Waals surface area contributed by atoms with Crippen LogP contribution in [0.4, 0.5) is 13.2 Å². The maximum absolute atomic E-state index is 12.9. The van der Waals surface area contributed by atoms with E-state index in [1.807, 2.05) is 25.1 Å². The highest BCUT2D eigenvalue weighted by molar-refractivity contribution is 6.31. The van der Waals surface area contributed by atoms with Gasteiger partial charge < -0.3 is 4.57 Å². The van der Waals surface area contributed by atoms with E-state index in [1.165, 1.54) is 0 Å². The molecule has 0 atom stereocenters. The molecule has 3 nitrogen and oxygen atoms in total. The second-order valence-corrected chi connectivity index (χ2v) is 6.41. The van der Waals surface area contributed by atoms with Crippen LogP contribution in [-0.2, 0) is 12.7 Å². The minimum absolute atomic E-state index is 0.124. The molecule has 1 aromatic carbocycles. The van der Waals surface area contributed by atoms with Crippen LogP contribution in [0.15, 0.2) is 41.3 Å². The molecule has 0 radical (unpaired) electrons. The average molecular weight is 387 g/mol. The number of pyridine rings is 2. The zero-order chi connectivity index (χ0) is 18.4. The van der Waals surface area contributed by atoms with E-state index >= 15 is 0 Å². The predicted molar refractivity (Wildman–Crippen MR) is 91.3 cm³/mol. The van der Waals surface area contributed by atoms with E-state index in [-0.39, 0.29) is 11.7 Å². The number of nitrogens with zero attached hydrogens (tertiary/aromatic N) is 2. The zero-order valence-electron chi connectivity index (χ0n) is 12.9. The minimum atomic E-state index is -4.61. The van der Waals surface area contributed by atoms with Gasteiger partial charge in [0.25, 0.3) is 5.56 Å². The summed E-state index contributed by atoms with van der Waals surface area (Å²) in [4.78, 5) is 16.3. The van der Waals surface area contributed by atoms with Gasteiger partial charge in [-0.3, -0.25) is 4.79 Å². The first-order chi connectivity index (χ1) is 11.6. The highest BCUT2D eigenvalue weighted by Crippen LogP contribution is 2.30. The fourth-order valence-corrected chi connectivity index (χ4v) is 2.89. The van der Waals surface area contributed by atoms with Gasteiger partial charge in [0, 0.05) is 17.1 Å². The van der Waals surface area contributed by atoms with Gasteiger partial charge in [0.15, 0.2) is 0 Å². The summed E-state index contributed by atoms with van der Waals surface area (Å²) in [5.41, 5.74) is 0.371. The Kier molecular flexibility index (Phi) is 4.51. The van der Waals surface area contributed by atoms with Crippen LogP contribution in [-0.4, -0.2) is 9.55 Å². The van der Waals surface area contributed by atoms with Crippen molar-refractivity contribution in [2.45, 2.75) is 19.6 Å². The Morgan fingerprint density at radius 1 is 1.16 bits per heavy atom. The third-order valence-electron chi connectivity index (χ3n) is 3.71. The molecule has 0 unspecified atom stereocenters. The van der Waals surface area contributed by atoms with E-state index in [0.717, 1.165) is 21.7 Å². The topological polar surface area (TPSA) is 34.9 Å². The van der Waals surface area contributed by atoms with Crippen LogP contribution in [0.5, 0.6) is 0 Å². The summed E-state index contributed by atoms with van der Waals surface area (Å²) in [6.45, 7) is 1.74. The van der Waals surface area contributed by atoms with Gasteiger partial charge in [-0.25, -0.2) is 4.98 Å². The summed E-state index contributed by atoms with van der Waals surface area (Å²) in [7, 11) is 0. The molecule has 130 valence electrons. The number of fused-ring (bicyclic) bond motifs is 1. The van der Waals surface area contributed by atoms with Crippen molar-refractivity contribution in [2.75, 3.05) is 0 Å². The van der Waals surface area contributed by atoms with E-state index < -0.39 is 22.3 Å². The molecular weight excluding hydrogens is 376 g/mol. The number of rotatable bonds is 2. The molecule has 3 aromatic rings. The van der Waals surface area contributed by atoms with Gasteiger partial charge in [0.05, 0.1) is 17.6 Å². The van der Waals surface area contributed by atoms with Crippen molar-refractivity contribution in [1.29, 1.82) is 0 Å². The van der Waals surface area contributed by atoms with E-state index in [0.29, 0.717) is 17.1 Å². The number of hydrogen-bond donors (Lipinski definition) is 0. The molecule has 0 saturated carbocycles. The molecule has 3 rings (SSSR count). The van der Waals surface area contributed by atoms with Crippen molar-refractivity contribution >= 4 is 34.1 Å². The van der Waals surface area contributed by atoms with Crippen molar-refractivity contribution in [3.05, 3.63) is 73.7 Å². The summed E-state index contributed by atoms with van der Waals surface area (Å²) in [5, 5.41) is 0.393. The third-order valence-corrected chi connectivity index (χ3v) is 4.31. The number of halogens is 5. The smallest absolute Gasteiger partial charge is 0.309 e. The Hall–Kier alpha value is -2.05. The second kappa shape index (κ2) is 6.35. The molecule has 0 bridgehead atoms. The summed E-state index contributed by atoms with van der Waals surface area (Å²) in [6, 6.07) is 7.88. The lowest BCUT2D eigenvalue weighted by atomic mass is 10.1. The number of benzene rings is 1. The Bertz CT molecular complexity index is 1030. The number of aromatic nitrogens is 2. The highest BCUT2D eigenvalue weighted by Gasteiger charge is 2.32. The molecule has 0 aliphatic rings. The first kappa shape index (κ1) is 17.8. The van der Waals surface area contributed by atoms with Gasteiger partial charge in [0.2, 0.25) is 0 Å². The molecule has 0 saturated heterocycles. The molecule has 0 amide bonds. The van der Waals surface area contributed by atoms with E-state index in [2.05, 4.69) is 4.98 Å². The average Bonchev–Trinajstić information content (AvgIpc) is 2.51. The van der Waals surface area contributed by atoms with Crippen LogP contribution in [0.2, 0.25) is 10.2 Å². The van der Waals surface area contributed by atoms with Crippen molar-refractivity contribution in [3.63, 3.8) is 0 Å². The van der Waals surface area contributed by atoms with Crippen molar-refractivity contribution in [3.8, 4) is 0 Å². The van der Waals surface area contributed by atoms with Crippen molar-refractivity contribution < 1.29 is 13.2 Å². The Morgan fingerprint density at radius 3 is 2.56 bits per heavy atom. The third kappa shape index (κ3) is 3.65. The first-order valence-corrected chi connectivity index (χ1v) is 7.94. The van der Waals surface area contributed by atoms with Gasteiger partial charge in [-0.2, -0.15) is 13.2 Å². The number of alkyl halides is 3. The van der Waals surface area contributed by atoms with Crippen LogP contribution in [0.25, 0.3) is 10.9 Å². The van der Waals surface area contributed by atoms with Crippen molar-refractivity contribution in [1.82, 2.24) is 9.55 Å². The molecule has 25 heavy (non-hydrogen) atoms. The van der Waals surface area contributed by atoms with E-state index in [1.54, 1.807) is 6.07 Å². The fourth-order valence-electron chi connectivity index (χ4n) is 2.46. The highest BCUT2D eigenvalue weighted by atomic mass is 35.5. The SMILES string of the molecule is Cc1ccc2cc(Cn3cc(C(F)(F)F)cc(Cl)c3=O)c(Cl)nc2c1. The van der Waals surface area contributed by atoms with Gasteiger partial charge >= 0.3 is 6.18 Å². The quantitative estimate of drug-likeness (QED) is 0.575. The van der Waals surface area contributed by atoms with Crippen LogP contribution in [0.1, 0.15) is 16.7 Å². The van der Waals surface area contributed by atoms with Gasteiger partial charge in [-0.15, -0.1) is 0 Å². The van der Waals surface area contributed by atoms with Gasteiger partial charge in [-0.1, -0.05) is 35.3 Å². The first-order valence-electron chi connectivity index (χ1n) is 7.18. The Labute approximate surface area is 150 Å². The van der Waals surface area contributed by atoms with Crippen LogP contribution in [0.3, 0.4) is 0 Å². The van der Waals surface area contributed by atoms with Gasteiger partial charge in [0.1, 0.15) is 10.2 Å². The normalized spacial score (nSPS) is 11.9. The zero-order valence-corrected chi connectivity index (χ0v) is 14.4. The van der Waals surface area contributed by atoms with Crippen molar-refractivity contribution in [2.24, 2.45) is 0 Å². The summed E-state index contributed by atoms with van der Waals surface area (Å²) < 4.78 is 39.7. The molecule has 0 aliphatic heterocycles. The monoisotopic (exact) mass is 386 g/mol. The molecule has 0 aliphatic carbocycles. The van der Waals surface area contributed by atoms with Crippen LogP contribution < -0.4 is 5.56 Å². The van der Waals surface area contributed by atoms with Crippen LogP contribution >= 0.6 is 23.2 Å². The number of hydrogen-bond acceptors (Lipinski definition) is 2. The molecule has 2 aromatic heterocycles. The van der Waals surface area contributed by atoms with E-state index in [9.17, 15) is 18.0 Å². The Balaban J connectivity index is 2.10. The lowest BCUT2D eigenvalue weighted by molar-refractivity contribution is -0.138. The maximum atomic E-state index is 12.9. The lowest BCUT2D eigenvalue weighted by Crippen LogP contribution is -2.23. The van der Waals surface area contributed by atoms with Crippen LogP contribution in [0, 0.1) is 6.92 Å². The lowest BCUT2D eigenvalue weighted by Gasteiger charge is -2.13. The molecule has 0 N–H and O–H groups in total. The largest absolute Gasteiger partial charge is 0.417 e. The van der Waals surface area contributed by atoms with Gasteiger partial charge in [-0.05, 0) is 30.7 Å². The second-order valence-electron chi connectivity index (χ2n) is 5.64. The molecule has 2 heterocycles. The summed E-state index contributed by atoms with van der Waals surface area (Å²) in [5.74, 6) is 0. The summed E-state index contributed by atoms with van der Waals surface area (Å²) >= 11 is 11.8. The Morgan fingerprint density at radius 2 is 1.88 bits per heavy atom. The summed E-state index contributed by atoms with van der Waals surface area (Å²) in [6.07, 6.45) is -3.88. The van der Waals surface area contributed by atoms with E-state index in [4.69, 9.17) is 23.2 Å². The predicted octanol–water partition coefficient (Wildman–Crippen LogP) is 5.08.